The van der Waals surface area contributed by atoms with Crippen molar-refractivity contribution in [3.05, 3.63) is 89.3 Å². The minimum atomic E-state index is -0.850. The summed E-state index contributed by atoms with van der Waals surface area (Å²) in [6.07, 6.45) is 3.19. The molecule has 1 amide bonds. The lowest BCUT2D eigenvalue weighted by atomic mass is 9.94. The first-order valence-corrected chi connectivity index (χ1v) is 9.96. The molecule has 1 aromatic heterocycles. The number of hydrogen-bond donors (Lipinski definition) is 1. The molecule has 162 valence electrons. The van der Waals surface area contributed by atoms with E-state index in [0.717, 1.165) is 0 Å². The number of carbonyl (C=O) groups excluding carboxylic acids is 2. The first-order chi connectivity index (χ1) is 15.5. The average molecular weight is 430 g/mol. The molecule has 1 aliphatic heterocycles. The van der Waals surface area contributed by atoms with E-state index in [0.29, 0.717) is 33.9 Å². The smallest absolute Gasteiger partial charge is 0.300 e. The summed E-state index contributed by atoms with van der Waals surface area (Å²) in [5.41, 5.74) is 2.23. The van der Waals surface area contributed by atoms with Crippen LogP contribution in [0.3, 0.4) is 0 Å². The summed E-state index contributed by atoms with van der Waals surface area (Å²) >= 11 is 0. The Morgan fingerprint density at radius 2 is 1.75 bits per heavy atom. The van der Waals surface area contributed by atoms with Crippen LogP contribution < -0.4 is 14.4 Å². The molecular weight excluding hydrogens is 408 g/mol. The molecular formula is C25H22N2O5. The van der Waals surface area contributed by atoms with Crippen molar-refractivity contribution >= 4 is 23.1 Å². The van der Waals surface area contributed by atoms with Gasteiger partial charge in [0.2, 0.25) is 0 Å². The molecule has 1 N–H and O–H groups in total. The zero-order valence-electron chi connectivity index (χ0n) is 17.9. The molecule has 1 fully saturated rings. The van der Waals surface area contributed by atoms with Crippen LogP contribution in [0.25, 0.3) is 5.76 Å². The van der Waals surface area contributed by atoms with Gasteiger partial charge < -0.3 is 14.6 Å². The molecule has 2 aromatic carbocycles. The van der Waals surface area contributed by atoms with Gasteiger partial charge in [-0.1, -0.05) is 12.1 Å². The van der Waals surface area contributed by atoms with Gasteiger partial charge in [-0.3, -0.25) is 19.5 Å². The van der Waals surface area contributed by atoms with Crippen molar-refractivity contribution in [3.8, 4) is 11.5 Å². The summed E-state index contributed by atoms with van der Waals surface area (Å²) in [4.78, 5) is 31.9. The number of hydrogen-bond acceptors (Lipinski definition) is 6. The highest BCUT2D eigenvalue weighted by Crippen LogP contribution is 2.43. The van der Waals surface area contributed by atoms with Crippen LogP contribution in [0.1, 0.15) is 22.7 Å². The summed E-state index contributed by atoms with van der Waals surface area (Å²) in [5, 5.41) is 11.2. The maximum Gasteiger partial charge on any atom is 0.300 e. The number of aromatic nitrogens is 1. The lowest BCUT2D eigenvalue weighted by Gasteiger charge is -2.25. The number of amides is 1. The first-order valence-electron chi connectivity index (χ1n) is 9.96. The lowest BCUT2D eigenvalue weighted by Crippen LogP contribution is -2.29. The number of aliphatic hydroxyl groups excluding tert-OH is 1. The predicted molar refractivity (Wildman–Crippen MR) is 120 cm³/mol. The summed E-state index contributed by atoms with van der Waals surface area (Å²) < 4.78 is 10.5. The number of pyridine rings is 1. The quantitative estimate of drug-likeness (QED) is 0.373. The molecule has 0 aliphatic carbocycles. The minimum absolute atomic E-state index is 0.000846. The second-order valence-corrected chi connectivity index (χ2v) is 7.34. The van der Waals surface area contributed by atoms with Crippen LogP contribution >= 0.6 is 0 Å². The summed E-state index contributed by atoms with van der Waals surface area (Å²) in [5.74, 6) is -0.586. The molecule has 0 bridgehead atoms. The van der Waals surface area contributed by atoms with Crippen LogP contribution in [0.4, 0.5) is 5.69 Å². The molecule has 1 saturated heterocycles. The molecule has 1 unspecified atom stereocenters. The van der Waals surface area contributed by atoms with Gasteiger partial charge in [-0.25, -0.2) is 0 Å². The zero-order valence-corrected chi connectivity index (χ0v) is 17.9. The maximum absolute atomic E-state index is 13.2. The van der Waals surface area contributed by atoms with Gasteiger partial charge in [0.15, 0.2) is 0 Å². The molecule has 3 aromatic rings. The first kappa shape index (κ1) is 21.1. The Balaban J connectivity index is 1.94. The Hall–Kier alpha value is -4.13. The number of rotatable bonds is 5. The fraction of sp³-hybridized carbons (Fsp3) is 0.160. The number of benzene rings is 2. The van der Waals surface area contributed by atoms with Crippen LogP contribution in [-0.4, -0.2) is 36.0 Å². The molecule has 1 aliphatic rings. The highest BCUT2D eigenvalue weighted by atomic mass is 16.5. The topological polar surface area (TPSA) is 89.0 Å². The van der Waals surface area contributed by atoms with E-state index in [4.69, 9.17) is 9.47 Å². The second-order valence-electron chi connectivity index (χ2n) is 7.34. The van der Waals surface area contributed by atoms with Crippen molar-refractivity contribution in [1.29, 1.82) is 0 Å². The molecule has 0 saturated carbocycles. The van der Waals surface area contributed by atoms with Crippen LogP contribution in [0, 0.1) is 6.92 Å². The van der Waals surface area contributed by atoms with Gasteiger partial charge in [0, 0.05) is 29.7 Å². The fourth-order valence-corrected chi connectivity index (χ4v) is 3.89. The summed E-state index contributed by atoms with van der Waals surface area (Å²) in [7, 11) is 3.08. The van der Waals surface area contributed by atoms with E-state index in [1.54, 1.807) is 81.0 Å². The largest absolute Gasteiger partial charge is 0.507 e. The number of carbonyl (C=O) groups is 2. The van der Waals surface area contributed by atoms with Crippen molar-refractivity contribution in [2.24, 2.45) is 0 Å². The van der Waals surface area contributed by atoms with E-state index in [2.05, 4.69) is 4.98 Å². The number of methoxy groups -OCH3 is 2. The van der Waals surface area contributed by atoms with Crippen LogP contribution in [-0.2, 0) is 9.59 Å². The molecule has 2 heterocycles. The molecule has 4 rings (SSSR count). The SMILES string of the molecule is COc1cccc(N2C(=O)C(=O)/C(=C(\O)c3ccc(OC)cc3C)C2c2cccnc2)c1. The van der Waals surface area contributed by atoms with Crippen molar-refractivity contribution in [2.45, 2.75) is 13.0 Å². The molecule has 0 spiro atoms. The fourth-order valence-electron chi connectivity index (χ4n) is 3.89. The Morgan fingerprint density at radius 3 is 2.41 bits per heavy atom. The predicted octanol–water partition coefficient (Wildman–Crippen LogP) is 4.03. The van der Waals surface area contributed by atoms with Gasteiger partial charge in [0.05, 0.1) is 25.8 Å². The van der Waals surface area contributed by atoms with E-state index in [-0.39, 0.29) is 11.3 Å². The molecule has 7 nitrogen and oxygen atoms in total. The number of ketones is 1. The molecule has 1 atom stereocenters. The Bertz CT molecular complexity index is 1220. The zero-order chi connectivity index (χ0) is 22.8. The van der Waals surface area contributed by atoms with Gasteiger partial charge in [-0.15, -0.1) is 0 Å². The summed E-state index contributed by atoms with van der Waals surface area (Å²) in [6, 6.07) is 14.6. The van der Waals surface area contributed by atoms with E-state index in [1.165, 1.54) is 12.0 Å². The Labute approximate surface area is 185 Å². The Kier molecular flexibility index (Phi) is 5.64. The van der Waals surface area contributed by atoms with Crippen molar-refractivity contribution in [1.82, 2.24) is 4.98 Å². The van der Waals surface area contributed by atoms with Crippen LogP contribution in [0.2, 0.25) is 0 Å². The van der Waals surface area contributed by atoms with E-state index < -0.39 is 17.7 Å². The van der Waals surface area contributed by atoms with E-state index in [1.807, 2.05) is 0 Å². The number of Topliss-reactive ketones (excluding diaryl/α,β-unsaturated/α-hetero) is 1. The van der Waals surface area contributed by atoms with E-state index in [9.17, 15) is 14.7 Å². The summed E-state index contributed by atoms with van der Waals surface area (Å²) in [6.45, 7) is 1.80. The second kappa shape index (κ2) is 8.55. The van der Waals surface area contributed by atoms with Gasteiger partial charge in [0.25, 0.3) is 11.7 Å². The monoisotopic (exact) mass is 430 g/mol. The van der Waals surface area contributed by atoms with Crippen molar-refractivity contribution in [3.63, 3.8) is 0 Å². The standard InChI is InChI=1S/C25H22N2O5/c1-15-12-19(32-3)9-10-20(15)23(28)21-22(16-6-5-11-26-14-16)27(25(30)24(21)29)17-7-4-8-18(13-17)31-2/h4-14,22,28H,1-3H3/b23-21-. The number of aryl methyl sites for hydroxylation is 1. The van der Waals surface area contributed by atoms with Crippen molar-refractivity contribution < 1.29 is 24.2 Å². The highest BCUT2D eigenvalue weighted by molar-refractivity contribution is 6.51. The highest BCUT2D eigenvalue weighted by Gasteiger charge is 2.47. The van der Waals surface area contributed by atoms with Gasteiger partial charge in [-0.2, -0.15) is 0 Å². The minimum Gasteiger partial charge on any atom is -0.507 e. The van der Waals surface area contributed by atoms with Gasteiger partial charge in [0.1, 0.15) is 17.3 Å². The molecule has 32 heavy (non-hydrogen) atoms. The third-order valence-corrected chi connectivity index (χ3v) is 5.46. The normalized spacial score (nSPS) is 17.5. The third-order valence-electron chi connectivity index (χ3n) is 5.46. The lowest BCUT2D eigenvalue weighted by molar-refractivity contribution is -0.132. The van der Waals surface area contributed by atoms with E-state index >= 15 is 0 Å². The molecule has 0 radical (unpaired) electrons. The number of nitrogens with zero attached hydrogens (tertiary/aromatic N) is 2. The molecule has 7 heteroatoms. The average Bonchev–Trinajstić information content (AvgIpc) is 3.09. The van der Waals surface area contributed by atoms with Gasteiger partial charge >= 0.3 is 0 Å². The van der Waals surface area contributed by atoms with Gasteiger partial charge in [-0.05, 0) is 54.4 Å². The Morgan fingerprint density at radius 1 is 1.00 bits per heavy atom. The van der Waals surface area contributed by atoms with Crippen LogP contribution in [0.15, 0.2) is 72.6 Å². The van der Waals surface area contributed by atoms with Crippen LogP contribution in [0.5, 0.6) is 11.5 Å². The number of aliphatic hydroxyl groups is 1. The maximum atomic E-state index is 13.2. The third kappa shape index (κ3) is 3.58. The number of ether oxygens (including phenoxy) is 2. The number of anilines is 1. The van der Waals surface area contributed by atoms with Crippen molar-refractivity contribution in [2.75, 3.05) is 19.1 Å².